The number of hydrogen-bond donors (Lipinski definition) is 2. The first-order valence-electron chi connectivity index (χ1n) is 7.62. The van der Waals surface area contributed by atoms with Crippen LogP contribution in [0.2, 0.25) is 0 Å². The van der Waals surface area contributed by atoms with Crippen LogP contribution in [0.5, 0.6) is 0 Å². The molecule has 0 aliphatic carbocycles. The number of carboxylic acid groups (broad SMARTS) is 2. The van der Waals surface area contributed by atoms with Crippen molar-refractivity contribution < 1.29 is 42.6 Å². The van der Waals surface area contributed by atoms with Gasteiger partial charge in [-0.3, -0.25) is 9.59 Å². The summed E-state index contributed by atoms with van der Waals surface area (Å²) >= 11 is 0. The van der Waals surface area contributed by atoms with E-state index in [1.54, 1.807) is 0 Å². The molecule has 0 aromatic rings. The first kappa shape index (κ1) is 22.9. The first-order valence-corrected chi connectivity index (χ1v) is 7.62. The summed E-state index contributed by atoms with van der Waals surface area (Å²) in [6.45, 7) is 5.83. The molecule has 0 bridgehead atoms. The van der Waals surface area contributed by atoms with Gasteiger partial charge in [0.25, 0.3) is 5.91 Å². The maximum absolute atomic E-state index is 12.0. The summed E-state index contributed by atoms with van der Waals surface area (Å²) in [4.78, 5) is 45.1. The number of aliphatic carboxylic acids is 2. The fourth-order valence-corrected chi connectivity index (χ4v) is 2.57. The van der Waals surface area contributed by atoms with E-state index in [0.717, 1.165) is 12.8 Å². The number of piperidine rings is 1. The number of nitrogens with zero attached hydrogens (tertiary/aromatic N) is 1. The van der Waals surface area contributed by atoms with E-state index in [1.807, 2.05) is 20.8 Å². The van der Waals surface area contributed by atoms with Crippen LogP contribution >= 0.6 is 0 Å². The first-order chi connectivity index (χ1) is 11.3. The van der Waals surface area contributed by atoms with Gasteiger partial charge < -0.3 is 15.1 Å². The highest BCUT2D eigenvalue weighted by molar-refractivity contribution is 6.36. The van der Waals surface area contributed by atoms with Crippen LogP contribution in [0.4, 0.5) is 13.2 Å². The second-order valence-electron chi connectivity index (χ2n) is 6.31. The number of hydrogen-bond acceptors (Lipinski definition) is 4. The molecule has 0 spiro atoms. The molecule has 10 heteroatoms. The average molecular weight is 369 g/mol. The molecular formula is C15H22F3NO6. The molecule has 1 aliphatic rings. The fourth-order valence-electron chi connectivity index (χ4n) is 2.57. The molecule has 1 atom stereocenters. The van der Waals surface area contributed by atoms with Crippen LogP contribution in [0.1, 0.15) is 46.5 Å². The van der Waals surface area contributed by atoms with Crippen LogP contribution in [0.25, 0.3) is 0 Å². The molecule has 1 unspecified atom stereocenters. The number of ketones is 1. The smallest absolute Gasteiger partial charge is 0.480 e. The second kappa shape index (κ2) is 8.82. The number of halogens is 3. The second-order valence-corrected chi connectivity index (χ2v) is 6.31. The maximum atomic E-state index is 12.0. The summed E-state index contributed by atoms with van der Waals surface area (Å²) in [5.74, 6) is -4.91. The number of carbonyl (C=O) groups is 4. The summed E-state index contributed by atoms with van der Waals surface area (Å²) in [7, 11) is 0. The van der Waals surface area contributed by atoms with E-state index in [0.29, 0.717) is 13.0 Å². The summed E-state index contributed by atoms with van der Waals surface area (Å²) in [6.07, 6.45) is -2.82. The normalized spacial score (nSPS) is 19.4. The third-order valence-corrected chi connectivity index (χ3v) is 3.72. The van der Waals surface area contributed by atoms with Crippen molar-refractivity contribution in [3.63, 3.8) is 0 Å². The van der Waals surface area contributed by atoms with Crippen LogP contribution in [-0.2, 0) is 19.2 Å². The van der Waals surface area contributed by atoms with Gasteiger partial charge in [-0.25, -0.2) is 9.59 Å². The van der Waals surface area contributed by atoms with E-state index in [2.05, 4.69) is 0 Å². The molecule has 0 aromatic heterocycles. The van der Waals surface area contributed by atoms with Gasteiger partial charge in [0.05, 0.1) is 0 Å². The van der Waals surface area contributed by atoms with Crippen LogP contribution in [0, 0.1) is 5.41 Å². The summed E-state index contributed by atoms with van der Waals surface area (Å²) in [5.41, 5.74) is -0.494. The van der Waals surface area contributed by atoms with Crippen molar-refractivity contribution >= 4 is 23.6 Å². The van der Waals surface area contributed by atoms with E-state index >= 15 is 0 Å². The van der Waals surface area contributed by atoms with Crippen molar-refractivity contribution in [1.82, 2.24) is 4.90 Å². The van der Waals surface area contributed by atoms with E-state index in [-0.39, 0.29) is 6.42 Å². The number of rotatable bonds is 4. The molecule has 0 aromatic carbocycles. The van der Waals surface area contributed by atoms with Crippen molar-refractivity contribution in [3.8, 4) is 0 Å². The Morgan fingerprint density at radius 2 is 1.64 bits per heavy atom. The van der Waals surface area contributed by atoms with Crippen molar-refractivity contribution in [2.45, 2.75) is 58.7 Å². The van der Waals surface area contributed by atoms with Crippen LogP contribution in [0.3, 0.4) is 0 Å². The van der Waals surface area contributed by atoms with E-state index < -0.39 is 41.3 Å². The monoisotopic (exact) mass is 369 g/mol. The molecule has 1 amide bonds. The van der Waals surface area contributed by atoms with Crippen LogP contribution in [0.15, 0.2) is 0 Å². The topological polar surface area (TPSA) is 112 Å². The van der Waals surface area contributed by atoms with Gasteiger partial charge >= 0.3 is 18.1 Å². The van der Waals surface area contributed by atoms with Gasteiger partial charge in [0.1, 0.15) is 6.04 Å². The molecule has 1 saturated heterocycles. The maximum Gasteiger partial charge on any atom is 0.490 e. The van der Waals surface area contributed by atoms with Crippen molar-refractivity contribution in [3.05, 3.63) is 0 Å². The minimum Gasteiger partial charge on any atom is -0.480 e. The molecule has 144 valence electrons. The van der Waals surface area contributed by atoms with Gasteiger partial charge in [-0.1, -0.05) is 20.8 Å². The number of Topliss-reactive ketones (excluding diaryl/α,β-unsaturated/α-hetero) is 1. The van der Waals surface area contributed by atoms with Crippen LogP contribution in [-0.4, -0.2) is 57.5 Å². The third-order valence-electron chi connectivity index (χ3n) is 3.72. The SMILES string of the molecule is CCCC(=O)C(=O)N1CCCC(C)(C)C1C(=O)O.O=C(O)C(F)(F)F. The van der Waals surface area contributed by atoms with E-state index in [1.165, 1.54) is 4.90 Å². The molecule has 25 heavy (non-hydrogen) atoms. The highest BCUT2D eigenvalue weighted by Crippen LogP contribution is 2.35. The molecule has 1 heterocycles. The molecule has 1 aliphatic heterocycles. The Balaban J connectivity index is 0.000000697. The summed E-state index contributed by atoms with van der Waals surface area (Å²) in [6, 6.07) is -0.903. The summed E-state index contributed by atoms with van der Waals surface area (Å²) < 4.78 is 31.7. The lowest BCUT2D eigenvalue weighted by molar-refractivity contribution is -0.192. The number of carboxylic acids is 2. The minimum absolute atomic E-state index is 0.183. The average Bonchev–Trinajstić information content (AvgIpc) is 2.44. The van der Waals surface area contributed by atoms with Gasteiger partial charge in [0.2, 0.25) is 5.78 Å². The predicted molar refractivity (Wildman–Crippen MR) is 79.8 cm³/mol. The molecule has 2 N–H and O–H groups in total. The molecular weight excluding hydrogens is 347 g/mol. The molecule has 7 nitrogen and oxygen atoms in total. The predicted octanol–water partition coefficient (Wildman–Crippen LogP) is 2.09. The zero-order valence-electron chi connectivity index (χ0n) is 14.2. The lowest BCUT2D eigenvalue weighted by Gasteiger charge is -2.43. The zero-order valence-corrected chi connectivity index (χ0v) is 14.2. The number of likely N-dealkylation sites (tertiary alicyclic amines) is 1. The number of carbonyl (C=O) groups excluding carboxylic acids is 2. The van der Waals surface area contributed by atoms with Gasteiger partial charge in [-0.15, -0.1) is 0 Å². The Kier molecular flexibility index (Phi) is 8.07. The highest BCUT2D eigenvalue weighted by atomic mass is 19.4. The third kappa shape index (κ3) is 6.71. The lowest BCUT2D eigenvalue weighted by atomic mass is 9.76. The van der Waals surface area contributed by atoms with E-state index in [9.17, 15) is 32.7 Å². The van der Waals surface area contributed by atoms with Crippen LogP contribution < -0.4 is 0 Å². The Morgan fingerprint density at radius 3 is 2.00 bits per heavy atom. The Bertz CT molecular complexity index is 530. The molecule has 0 saturated carbocycles. The largest absolute Gasteiger partial charge is 0.490 e. The number of alkyl halides is 3. The molecule has 1 rings (SSSR count). The fraction of sp³-hybridized carbons (Fsp3) is 0.733. The quantitative estimate of drug-likeness (QED) is 0.734. The summed E-state index contributed by atoms with van der Waals surface area (Å²) in [5, 5.41) is 16.4. The van der Waals surface area contributed by atoms with Crippen molar-refractivity contribution in [1.29, 1.82) is 0 Å². The van der Waals surface area contributed by atoms with Crippen molar-refractivity contribution in [2.75, 3.05) is 6.54 Å². The zero-order chi connectivity index (χ0) is 20.0. The molecule has 0 radical (unpaired) electrons. The molecule has 1 fully saturated rings. The van der Waals surface area contributed by atoms with Gasteiger partial charge in [0, 0.05) is 13.0 Å². The number of amides is 1. The Morgan fingerprint density at radius 1 is 1.16 bits per heavy atom. The lowest BCUT2D eigenvalue weighted by Crippen LogP contribution is -2.57. The Hall–Kier alpha value is -2.13. The van der Waals surface area contributed by atoms with Gasteiger partial charge in [0.15, 0.2) is 0 Å². The van der Waals surface area contributed by atoms with Crippen molar-refractivity contribution in [2.24, 2.45) is 5.41 Å². The van der Waals surface area contributed by atoms with Gasteiger partial charge in [-0.2, -0.15) is 13.2 Å². The minimum atomic E-state index is -5.08. The Labute approximate surface area is 142 Å². The van der Waals surface area contributed by atoms with E-state index in [4.69, 9.17) is 9.90 Å². The standard InChI is InChI=1S/C13H21NO4.C2HF3O2/c1-4-6-9(15)11(16)14-8-5-7-13(2,3)10(14)12(17)18;3-2(4,5)1(6)7/h10H,4-8H2,1-3H3,(H,17,18);(H,6,7). The van der Waals surface area contributed by atoms with Gasteiger partial charge in [-0.05, 0) is 24.7 Å². The highest BCUT2D eigenvalue weighted by Gasteiger charge is 2.45.